The van der Waals surface area contributed by atoms with Gasteiger partial charge in [-0.05, 0) is 37.6 Å². The van der Waals surface area contributed by atoms with Crippen LogP contribution in [0.25, 0.3) is 5.57 Å². The minimum absolute atomic E-state index is 0.0514. The second-order valence-electron chi connectivity index (χ2n) is 6.88. The van der Waals surface area contributed by atoms with E-state index in [1.54, 1.807) is 9.80 Å². The van der Waals surface area contributed by atoms with Crippen LogP contribution in [0.5, 0.6) is 0 Å². The highest BCUT2D eigenvalue weighted by atomic mass is 79.9. The highest BCUT2D eigenvalue weighted by molar-refractivity contribution is 9.10. The molecule has 1 saturated heterocycles. The van der Waals surface area contributed by atoms with Crippen molar-refractivity contribution in [1.82, 2.24) is 4.90 Å². The van der Waals surface area contributed by atoms with E-state index in [2.05, 4.69) is 15.9 Å². The molecule has 0 aromatic heterocycles. The number of hydrogen-bond donors (Lipinski definition) is 0. The molecule has 4 rings (SSSR count). The van der Waals surface area contributed by atoms with Gasteiger partial charge in [0.2, 0.25) is 0 Å². The Balaban J connectivity index is 1.84. The third kappa shape index (κ3) is 3.21. The number of amides is 2. The molecular weight excluding hydrogens is 456 g/mol. The zero-order valence-electron chi connectivity index (χ0n) is 15.3. The fourth-order valence-corrected chi connectivity index (χ4v) is 5.38. The minimum Gasteiger partial charge on any atom is -0.303 e. The molecule has 0 spiro atoms. The van der Waals surface area contributed by atoms with E-state index in [1.165, 1.54) is 11.8 Å². The Labute approximate surface area is 181 Å². The maximum atomic E-state index is 13.4. The molecule has 2 aromatic carbocycles. The van der Waals surface area contributed by atoms with Gasteiger partial charge >= 0.3 is 0 Å². The molecular formula is C21H17BrN2O2S2. The molecule has 0 N–H and O–H groups in total. The molecule has 0 aliphatic carbocycles. The van der Waals surface area contributed by atoms with Gasteiger partial charge < -0.3 is 4.90 Å². The molecule has 0 radical (unpaired) electrons. The van der Waals surface area contributed by atoms with Crippen molar-refractivity contribution >= 4 is 67.3 Å². The van der Waals surface area contributed by atoms with Crippen LogP contribution >= 0.6 is 39.9 Å². The van der Waals surface area contributed by atoms with E-state index in [1.807, 2.05) is 62.4 Å². The van der Waals surface area contributed by atoms with E-state index in [0.29, 0.717) is 21.3 Å². The molecule has 2 aliphatic rings. The normalized spacial score (nSPS) is 19.2. The first-order chi connectivity index (χ1) is 13.4. The largest absolute Gasteiger partial charge is 0.303 e. The molecule has 4 nitrogen and oxygen atoms in total. The van der Waals surface area contributed by atoms with E-state index in [0.717, 1.165) is 21.3 Å². The Bertz CT molecular complexity index is 1030. The molecule has 0 saturated carbocycles. The summed E-state index contributed by atoms with van der Waals surface area (Å²) in [7, 11) is 0. The van der Waals surface area contributed by atoms with Gasteiger partial charge in [0.25, 0.3) is 11.8 Å². The average Bonchev–Trinajstić information content (AvgIpc) is 3.09. The Hall–Kier alpha value is -1.96. The Kier molecular flexibility index (Phi) is 5.16. The number of fused-ring (bicyclic) bond motifs is 1. The van der Waals surface area contributed by atoms with E-state index in [9.17, 15) is 9.59 Å². The van der Waals surface area contributed by atoms with Gasteiger partial charge in [-0.3, -0.25) is 14.5 Å². The average molecular weight is 473 g/mol. The highest BCUT2D eigenvalue weighted by Crippen LogP contribution is 2.46. The van der Waals surface area contributed by atoms with Crippen molar-refractivity contribution in [3.05, 3.63) is 69.0 Å². The summed E-state index contributed by atoms with van der Waals surface area (Å²) in [5, 5.41) is 0. The van der Waals surface area contributed by atoms with Crippen molar-refractivity contribution < 1.29 is 9.59 Å². The van der Waals surface area contributed by atoms with Crippen LogP contribution in [0.2, 0.25) is 0 Å². The van der Waals surface area contributed by atoms with Crippen molar-refractivity contribution in [2.45, 2.75) is 26.4 Å². The van der Waals surface area contributed by atoms with Crippen molar-refractivity contribution in [2.75, 3.05) is 4.90 Å². The zero-order chi connectivity index (χ0) is 20.0. The van der Waals surface area contributed by atoms with Gasteiger partial charge in [-0.15, -0.1) is 0 Å². The topological polar surface area (TPSA) is 40.6 Å². The van der Waals surface area contributed by atoms with Crippen LogP contribution in [0.4, 0.5) is 5.69 Å². The van der Waals surface area contributed by atoms with Crippen LogP contribution in [0, 0.1) is 0 Å². The van der Waals surface area contributed by atoms with Crippen molar-refractivity contribution in [1.29, 1.82) is 0 Å². The molecule has 2 amide bonds. The number of rotatable bonds is 3. The van der Waals surface area contributed by atoms with Gasteiger partial charge in [0.15, 0.2) is 0 Å². The third-order valence-corrected chi connectivity index (χ3v) is 6.60. The first-order valence-corrected chi connectivity index (χ1v) is 10.9. The Morgan fingerprint density at radius 1 is 1.07 bits per heavy atom. The summed E-state index contributed by atoms with van der Waals surface area (Å²) in [6.45, 7) is 4.28. The molecule has 0 unspecified atom stereocenters. The lowest BCUT2D eigenvalue weighted by atomic mass is 10.1. The van der Waals surface area contributed by atoms with Crippen molar-refractivity contribution in [3.63, 3.8) is 0 Å². The summed E-state index contributed by atoms with van der Waals surface area (Å²) in [5.41, 5.74) is 3.04. The van der Waals surface area contributed by atoms with E-state index in [-0.39, 0.29) is 17.9 Å². The fourth-order valence-electron chi connectivity index (χ4n) is 3.42. The van der Waals surface area contributed by atoms with Gasteiger partial charge in [0, 0.05) is 16.1 Å². The van der Waals surface area contributed by atoms with Crippen LogP contribution in [0.3, 0.4) is 0 Å². The number of anilines is 1. The first kappa shape index (κ1) is 19.4. The number of benzene rings is 2. The van der Waals surface area contributed by atoms with Gasteiger partial charge in [-0.25, -0.2) is 0 Å². The van der Waals surface area contributed by atoms with Crippen LogP contribution < -0.4 is 4.90 Å². The number of hydrogen-bond acceptors (Lipinski definition) is 4. The molecule has 0 bridgehead atoms. The predicted octanol–water partition coefficient (Wildman–Crippen LogP) is 4.98. The lowest BCUT2D eigenvalue weighted by molar-refractivity contribution is -0.123. The number of carbonyl (C=O) groups excluding carboxylic acids is 2. The molecule has 28 heavy (non-hydrogen) atoms. The summed E-state index contributed by atoms with van der Waals surface area (Å²) in [4.78, 5) is 30.2. The number of nitrogens with zero attached hydrogens (tertiary/aromatic N) is 2. The number of carbonyl (C=O) groups is 2. The lowest BCUT2D eigenvalue weighted by Crippen LogP contribution is -2.34. The summed E-state index contributed by atoms with van der Waals surface area (Å²) >= 11 is 10.1. The molecule has 0 atom stereocenters. The third-order valence-electron chi connectivity index (χ3n) is 4.70. The molecule has 1 fully saturated rings. The van der Waals surface area contributed by atoms with Crippen LogP contribution in [-0.4, -0.2) is 27.1 Å². The van der Waals surface area contributed by atoms with Gasteiger partial charge in [0.05, 0.1) is 22.7 Å². The maximum Gasteiger partial charge on any atom is 0.267 e. The van der Waals surface area contributed by atoms with E-state index < -0.39 is 0 Å². The van der Waals surface area contributed by atoms with Gasteiger partial charge in [-0.2, -0.15) is 0 Å². The van der Waals surface area contributed by atoms with Crippen LogP contribution in [0.1, 0.15) is 25.0 Å². The van der Waals surface area contributed by atoms with Crippen molar-refractivity contribution in [3.8, 4) is 0 Å². The minimum atomic E-state index is -0.194. The molecule has 2 aliphatic heterocycles. The number of halogens is 1. The lowest BCUT2D eigenvalue weighted by Gasteiger charge is -2.18. The molecule has 2 aromatic rings. The summed E-state index contributed by atoms with van der Waals surface area (Å²) in [5.74, 6) is -0.359. The second-order valence-corrected chi connectivity index (χ2v) is 9.44. The summed E-state index contributed by atoms with van der Waals surface area (Å²) in [6, 6.07) is 15.5. The van der Waals surface area contributed by atoms with Gasteiger partial charge in [0.1, 0.15) is 4.32 Å². The molecule has 2 heterocycles. The first-order valence-electron chi connectivity index (χ1n) is 8.84. The molecule has 142 valence electrons. The SMILES string of the molecule is CC(C)N1C(=O)/C(=C2/C(=O)N(Cc3ccccc3)c3ccc(Br)cc32)SC1=S. The fraction of sp³-hybridized carbons (Fsp3) is 0.190. The van der Waals surface area contributed by atoms with Crippen LogP contribution in [-0.2, 0) is 16.1 Å². The standard InChI is InChI=1S/C21H17BrN2O2S2/c1-12(2)24-20(26)18(28-21(24)27)17-15-10-14(22)8-9-16(15)23(19(17)25)11-13-6-4-3-5-7-13/h3-10,12H,11H2,1-2H3/b18-17-. The monoisotopic (exact) mass is 472 g/mol. The highest BCUT2D eigenvalue weighted by Gasteiger charge is 2.42. The van der Waals surface area contributed by atoms with E-state index >= 15 is 0 Å². The van der Waals surface area contributed by atoms with Gasteiger partial charge in [-0.1, -0.05) is 70.2 Å². The van der Waals surface area contributed by atoms with Crippen LogP contribution in [0.15, 0.2) is 57.9 Å². The maximum absolute atomic E-state index is 13.4. The zero-order valence-corrected chi connectivity index (χ0v) is 18.5. The molecule has 7 heteroatoms. The number of thiocarbonyl (C=S) groups is 1. The second kappa shape index (κ2) is 7.46. The van der Waals surface area contributed by atoms with E-state index in [4.69, 9.17) is 12.2 Å². The quantitative estimate of drug-likeness (QED) is 0.466. The Morgan fingerprint density at radius 3 is 2.43 bits per heavy atom. The Morgan fingerprint density at radius 2 is 1.79 bits per heavy atom. The predicted molar refractivity (Wildman–Crippen MR) is 121 cm³/mol. The van der Waals surface area contributed by atoms with Crippen molar-refractivity contribution in [2.24, 2.45) is 0 Å². The summed E-state index contributed by atoms with van der Waals surface area (Å²) < 4.78 is 1.35. The smallest absolute Gasteiger partial charge is 0.267 e. The summed E-state index contributed by atoms with van der Waals surface area (Å²) in [6.07, 6.45) is 0. The number of thioether (sulfide) groups is 1.